The van der Waals surface area contributed by atoms with E-state index in [-0.39, 0.29) is 40.6 Å². The van der Waals surface area contributed by atoms with Crippen LogP contribution in [-0.4, -0.2) is 40.0 Å². The maximum absolute atomic E-state index is 14.0. The molecule has 0 aliphatic rings. The number of halogens is 2. The average molecular weight is 355 g/mol. The Morgan fingerprint density at radius 3 is 2.36 bits per heavy atom. The van der Waals surface area contributed by atoms with E-state index >= 15 is 0 Å². The number of hydrogen-bond acceptors (Lipinski definition) is 4. The van der Waals surface area contributed by atoms with Crippen LogP contribution in [0.25, 0.3) is 0 Å². The van der Waals surface area contributed by atoms with E-state index in [0.29, 0.717) is 6.54 Å². The molecule has 2 N–H and O–H groups in total. The van der Waals surface area contributed by atoms with Crippen LogP contribution in [0.5, 0.6) is 5.75 Å². The highest BCUT2D eigenvalue weighted by Gasteiger charge is 2.29. The van der Waals surface area contributed by atoms with Gasteiger partial charge in [0.05, 0.1) is 12.0 Å². The summed E-state index contributed by atoms with van der Waals surface area (Å²) in [4.78, 5) is -0.0591. The fourth-order valence-electron chi connectivity index (χ4n) is 2.00. The van der Waals surface area contributed by atoms with Gasteiger partial charge in [-0.05, 0) is 31.0 Å². The molecule has 0 bridgehead atoms. The van der Waals surface area contributed by atoms with E-state index in [1.165, 1.54) is 37.5 Å². The van der Waals surface area contributed by atoms with Gasteiger partial charge in [0.1, 0.15) is 0 Å². The van der Waals surface area contributed by atoms with Crippen LogP contribution in [0.2, 0.25) is 0 Å². The molecule has 0 aliphatic heterocycles. The van der Waals surface area contributed by atoms with Gasteiger partial charge in [-0.1, -0.05) is 13.8 Å². The van der Waals surface area contributed by atoms with Gasteiger partial charge in [-0.3, -0.25) is 0 Å². The number of nitrogens with two attached hydrogens (primary N) is 1. The first kappa shape index (κ1) is 21.1. The molecule has 0 radical (unpaired) electrons. The van der Waals surface area contributed by atoms with Crippen molar-refractivity contribution in [2.75, 3.05) is 27.2 Å². The maximum atomic E-state index is 14.0. The minimum Gasteiger partial charge on any atom is -0.494 e. The second-order valence-corrected chi connectivity index (χ2v) is 7.85. The topological polar surface area (TPSA) is 72.6 Å². The summed E-state index contributed by atoms with van der Waals surface area (Å²) < 4.78 is 45.2. The molecule has 1 aromatic carbocycles. The molecule has 0 atom stereocenters. The summed E-state index contributed by atoms with van der Waals surface area (Å²) in [6.45, 7) is 5.77. The number of benzene rings is 1. The summed E-state index contributed by atoms with van der Waals surface area (Å²) in [6, 6.07) is 2.68. The van der Waals surface area contributed by atoms with Gasteiger partial charge in [0, 0.05) is 19.2 Å². The first-order chi connectivity index (χ1) is 9.56. The normalized spacial score (nSPS) is 12.2. The molecule has 5 nitrogen and oxygen atoms in total. The Morgan fingerprint density at radius 2 is 1.91 bits per heavy atom. The molecule has 22 heavy (non-hydrogen) atoms. The monoisotopic (exact) mass is 354 g/mol. The van der Waals surface area contributed by atoms with Gasteiger partial charge in [-0.2, -0.15) is 0 Å². The largest absolute Gasteiger partial charge is 0.494 e. The molecule has 0 heterocycles. The smallest absolute Gasteiger partial charge is 0.243 e. The number of hydrogen-bond donors (Lipinski definition) is 1. The Morgan fingerprint density at radius 1 is 1.36 bits per heavy atom. The van der Waals surface area contributed by atoms with Crippen LogP contribution in [0.15, 0.2) is 17.0 Å². The Bertz CT molecular complexity index is 621. The van der Waals surface area contributed by atoms with E-state index in [0.717, 1.165) is 0 Å². The predicted molar refractivity (Wildman–Crippen MR) is 87.6 cm³/mol. The third-order valence-electron chi connectivity index (χ3n) is 3.41. The lowest BCUT2D eigenvalue weighted by Crippen LogP contribution is -2.40. The van der Waals surface area contributed by atoms with Crippen LogP contribution < -0.4 is 10.5 Å². The van der Waals surface area contributed by atoms with Gasteiger partial charge in [0.15, 0.2) is 11.6 Å². The minimum atomic E-state index is -3.78. The SMILES string of the molecule is COc1ccc(S(=O)(=O)N(C)CC(C)(C)CN)c(C)c1F.Cl. The minimum absolute atomic E-state index is 0. The van der Waals surface area contributed by atoms with Crippen molar-refractivity contribution in [1.29, 1.82) is 0 Å². The van der Waals surface area contributed by atoms with Crippen molar-refractivity contribution >= 4 is 22.4 Å². The fourth-order valence-corrected chi connectivity index (χ4v) is 3.57. The molecule has 0 saturated heterocycles. The predicted octanol–water partition coefficient (Wildman–Crippen LogP) is 2.17. The first-order valence-corrected chi connectivity index (χ1v) is 8.00. The van der Waals surface area contributed by atoms with E-state index in [2.05, 4.69) is 0 Å². The second kappa shape index (κ2) is 7.59. The van der Waals surface area contributed by atoms with E-state index in [4.69, 9.17) is 10.5 Å². The van der Waals surface area contributed by atoms with Gasteiger partial charge in [0.2, 0.25) is 10.0 Å². The highest BCUT2D eigenvalue weighted by atomic mass is 35.5. The van der Waals surface area contributed by atoms with Crippen molar-refractivity contribution in [2.45, 2.75) is 25.7 Å². The number of nitrogens with zero attached hydrogens (tertiary/aromatic N) is 1. The van der Waals surface area contributed by atoms with Crippen LogP contribution in [0, 0.1) is 18.2 Å². The number of sulfonamides is 1. The van der Waals surface area contributed by atoms with E-state index in [1.54, 1.807) is 0 Å². The Hall–Kier alpha value is -0.890. The molecule has 8 heteroatoms. The third kappa shape index (κ3) is 4.32. The molecule has 0 fully saturated rings. The standard InChI is InChI=1S/C14H23FN2O3S.ClH/c1-10-12(7-6-11(20-5)13(10)15)21(18,19)17(4)9-14(2,3)8-16;/h6-7H,8-9,16H2,1-5H3;1H. The molecule has 128 valence electrons. The van der Waals surface area contributed by atoms with Gasteiger partial charge in [0.25, 0.3) is 0 Å². The zero-order chi connectivity index (χ0) is 16.4. The van der Waals surface area contributed by atoms with Gasteiger partial charge in [-0.15, -0.1) is 12.4 Å². The van der Waals surface area contributed by atoms with Crippen LogP contribution in [-0.2, 0) is 10.0 Å². The van der Waals surface area contributed by atoms with Crippen molar-refractivity contribution in [3.63, 3.8) is 0 Å². The van der Waals surface area contributed by atoms with Crippen molar-refractivity contribution < 1.29 is 17.5 Å². The zero-order valence-electron chi connectivity index (χ0n) is 13.5. The number of rotatable bonds is 6. The van der Waals surface area contributed by atoms with E-state index < -0.39 is 15.8 Å². The summed E-state index contributed by atoms with van der Waals surface area (Å²) in [6.07, 6.45) is 0. The highest BCUT2D eigenvalue weighted by molar-refractivity contribution is 7.89. The first-order valence-electron chi connectivity index (χ1n) is 6.56. The lowest BCUT2D eigenvalue weighted by atomic mass is 9.94. The van der Waals surface area contributed by atoms with Crippen molar-refractivity contribution in [2.24, 2.45) is 11.1 Å². The molecule has 0 spiro atoms. The Kier molecular flexibility index (Phi) is 7.28. The molecule has 0 aromatic heterocycles. The summed E-state index contributed by atoms with van der Waals surface area (Å²) in [5, 5.41) is 0. The molecule has 0 amide bonds. The maximum Gasteiger partial charge on any atom is 0.243 e. The summed E-state index contributed by atoms with van der Waals surface area (Å²) >= 11 is 0. The molecule has 0 saturated carbocycles. The average Bonchev–Trinajstić information content (AvgIpc) is 2.41. The van der Waals surface area contributed by atoms with Crippen molar-refractivity contribution in [1.82, 2.24) is 4.31 Å². The van der Waals surface area contributed by atoms with Crippen LogP contribution >= 0.6 is 12.4 Å². The number of ether oxygens (including phenoxy) is 1. The lowest BCUT2D eigenvalue weighted by Gasteiger charge is -2.29. The molecule has 0 unspecified atom stereocenters. The Labute approximate surface area is 138 Å². The molecule has 1 aromatic rings. The van der Waals surface area contributed by atoms with Crippen LogP contribution in [0.4, 0.5) is 4.39 Å². The fraction of sp³-hybridized carbons (Fsp3) is 0.571. The molecule has 1 rings (SSSR count). The van der Waals surface area contributed by atoms with E-state index in [9.17, 15) is 12.8 Å². The van der Waals surface area contributed by atoms with Crippen molar-refractivity contribution in [3.8, 4) is 5.75 Å². The molecular weight excluding hydrogens is 331 g/mol. The van der Waals surface area contributed by atoms with Crippen LogP contribution in [0.3, 0.4) is 0 Å². The van der Waals surface area contributed by atoms with Crippen molar-refractivity contribution in [3.05, 3.63) is 23.5 Å². The second-order valence-electron chi connectivity index (χ2n) is 5.83. The van der Waals surface area contributed by atoms with Gasteiger partial charge < -0.3 is 10.5 Å². The molecular formula is C14H24ClFN2O3S. The lowest BCUT2D eigenvalue weighted by molar-refractivity contribution is 0.291. The van der Waals surface area contributed by atoms with Crippen LogP contribution in [0.1, 0.15) is 19.4 Å². The highest BCUT2D eigenvalue weighted by Crippen LogP contribution is 2.28. The zero-order valence-corrected chi connectivity index (χ0v) is 15.1. The molecule has 0 aliphatic carbocycles. The summed E-state index contributed by atoms with van der Waals surface area (Å²) in [5.41, 5.74) is 5.32. The summed E-state index contributed by atoms with van der Waals surface area (Å²) in [7, 11) is -0.976. The van der Waals surface area contributed by atoms with Gasteiger partial charge >= 0.3 is 0 Å². The summed E-state index contributed by atoms with van der Waals surface area (Å²) in [5.74, 6) is -0.638. The van der Waals surface area contributed by atoms with E-state index in [1.807, 2.05) is 13.8 Å². The van der Waals surface area contributed by atoms with Gasteiger partial charge in [-0.25, -0.2) is 17.1 Å². The quantitative estimate of drug-likeness (QED) is 0.849. The number of methoxy groups -OCH3 is 1. The third-order valence-corrected chi connectivity index (χ3v) is 5.36. The Balaban J connectivity index is 0.00000441.